The Balaban J connectivity index is 0.990. The minimum absolute atomic E-state index is 0.0211. The van der Waals surface area contributed by atoms with Crippen LogP contribution in [0.25, 0.3) is 0 Å². The molecule has 16 heteroatoms. The van der Waals surface area contributed by atoms with Crippen LogP contribution in [0.5, 0.6) is 0 Å². The first-order valence-corrected chi connectivity index (χ1v) is 37.7. The van der Waals surface area contributed by atoms with E-state index in [0.29, 0.717) is 36.6 Å². The number of nitrogens with one attached hydrogen (secondary N) is 3. The van der Waals surface area contributed by atoms with Crippen LogP contribution < -0.4 is 21.7 Å². The molecular formula is C71H107N7O7S2. The second-order valence-electron chi connectivity index (χ2n) is 32.8. The number of carbonyl (C=O) groups excluding carboxylic acids is 1. The maximum atomic E-state index is 16.5. The number of guanidine groups is 1. The monoisotopic (exact) mass is 1230 g/mol. The molecule has 0 amide bonds. The highest BCUT2D eigenvalue weighted by Gasteiger charge is 2.80. The number of aliphatic imine (C=N–C) groups is 1. The highest BCUT2D eigenvalue weighted by Crippen LogP contribution is 2.81. The number of aliphatic hydroxyl groups is 6. The summed E-state index contributed by atoms with van der Waals surface area (Å²) in [5.41, 5.74) is 10.2. The molecule has 14 aliphatic rings. The van der Waals surface area contributed by atoms with Crippen molar-refractivity contribution in [3.8, 4) is 0 Å². The lowest BCUT2D eigenvalue weighted by atomic mass is 9.37. The number of fused-ring (bicyclic) bond motifs is 16. The third-order valence-corrected chi connectivity index (χ3v) is 32.5. The number of ketones is 1. The molecular weight excluding hydrogens is 1130 g/mol. The summed E-state index contributed by atoms with van der Waals surface area (Å²) < 4.78 is 1.92. The van der Waals surface area contributed by atoms with Crippen LogP contribution in [-0.2, 0) is 4.79 Å². The summed E-state index contributed by atoms with van der Waals surface area (Å²) in [5, 5.41) is 90.2. The first-order valence-electron chi connectivity index (χ1n) is 35.4. The van der Waals surface area contributed by atoms with Gasteiger partial charge >= 0.3 is 0 Å². The Morgan fingerprint density at radius 1 is 0.908 bits per heavy atom. The van der Waals surface area contributed by atoms with Gasteiger partial charge in [0.2, 0.25) is 0 Å². The number of rotatable bonds is 8. The second-order valence-corrected chi connectivity index (χ2v) is 35.4. The number of allylic oxidation sites excluding steroid dienone is 3. The van der Waals surface area contributed by atoms with Crippen molar-refractivity contribution in [3.63, 3.8) is 0 Å². The largest absolute Gasteiger partial charge is 0.396 e. The van der Waals surface area contributed by atoms with Crippen molar-refractivity contribution in [2.75, 3.05) is 45.6 Å². The molecule has 480 valence electrons. The zero-order valence-electron chi connectivity index (χ0n) is 52.9. The molecule has 11 fully saturated rings. The van der Waals surface area contributed by atoms with Crippen LogP contribution in [-0.4, -0.2) is 132 Å². The van der Waals surface area contributed by atoms with Crippen LogP contribution in [0.3, 0.4) is 0 Å². The molecule has 3 spiro atoms. The van der Waals surface area contributed by atoms with Gasteiger partial charge in [0.15, 0.2) is 11.7 Å². The highest BCUT2D eigenvalue weighted by molar-refractivity contribution is 8.77. The highest BCUT2D eigenvalue weighted by atomic mass is 33.1. The third-order valence-electron chi connectivity index (χ3n) is 29.0. The fourth-order valence-electron chi connectivity index (χ4n) is 26.6. The summed E-state index contributed by atoms with van der Waals surface area (Å²) in [5.74, 6) is -0.0282. The fourth-order valence-corrected chi connectivity index (χ4v) is 30.9. The Morgan fingerprint density at radius 2 is 1.71 bits per heavy atom. The van der Waals surface area contributed by atoms with Gasteiger partial charge in [-0.3, -0.25) is 9.79 Å². The van der Waals surface area contributed by atoms with Crippen LogP contribution >= 0.6 is 21.6 Å². The van der Waals surface area contributed by atoms with E-state index in [-0.39, 0.29) is 89.6 Å². The lowest BCUT2D eigenvalue weighted by Gasteiger charge is -2.68. The van der Waals surface area contributed by atoms with Crippen molar-refractivity contribution in [1.29, 1.82) is 0 Å². The summed E-state index contributed by atoms with van der Waals surface area (Å²) in [7, 11) is 5.96. The average Bonchev–Trinajstić information content (AvgIpc) is 1.65. The van der Waals surface area contributed by atoms with Crippen LogP contribution in [0, 0.1) is 104 Å². The number of aliphatic hydroxyl groups excluding tert-OH is 5. The Hall–Kier alpha value is -2.25. The number of hydrogen-bond donors (Lipinski definition) is 10. The first kappa shape index (κ1) is 61.0. The predicted molar refractivity (Wildman–Crippen MR) is 344 cm³/mol. The molecule has 2 aliphatic heterocycles. The van der Waals surface area contributed by atoms with E-state index >= 15 is 9.90 Å². The average molecular weight is 1230 g/mol. The van der Waals surface area contributed by atoms with Crippen LogP contribution in [0.2, 0.25) is 0 Å². The Kier molecular flexibility index (Phi) is 15.7. The fraction of sp³-hybridized carbons (Fsp3) is 0.845. The number of nitrogens with two attached hydrogens (primary N) is 1. The molecule has 1 aromatic rings. The number of nitrogens with zero attached hydrogens (tertiary/aromatic N) is 3. The summed E-state index contributed by atoms with van der Waals surface area (Å²) >= 11 is 0. The second kappa shape index (κ2) is 22.5. The van der Waals surface area contributed by atoms with Crippen molar-refractivity contribution < 1.29 is 35.4 Å². The summed E-state index contributed by atoms with van der Waals surface area (Å²) in [4.78, 5) is 26.4. The molecule has 12 aliphatic carbocycles. The standard InChI is InChI=1S/C71H107N7O7S2/c1-40(80)77-64(72)76-35-43-32-68(38-79)51-30-55(71(68,85)52-29-53(81)60-50(36-73-4)62(83)54(82)34-69(60,58(43)52)45-12-6-5-7-13-45)70(20-10-18-66(70)21-23-74-24-22-66)87-86-37-46(78-26-25-75-39-78)33-65(2,3)61-49-27-41-16-17-44-14-9-19-67(44,31-41)59(49)47-15-8-11-42-28-48(51)63(84)57(61)56(42)47/h25-26,29,39-46,48,50-51,54-55,57-60,62-63,73-74,79-80,82-85H,5-24,27-28,30-38H2,1-4H3,(H3,72,76,77)/t40-,41-,42+,43+,44+,46-,48+,50+,51-,54+,55-,57-,58+,59-,60+,62-,63+,67+,68+,69+,70-,71+/m1/s1. The molecule has 0 radical (unpaired) electrons. The third kappa shape index (κ3) is 8.76. The van der Waals surface area contributed by atoms with Gasteiger partial charge in [-0.2, -0.15) is 0 Å². The molecule has 9 saturated carbocycles. The first-order chi connectivity index (χ1) is 41.9. The van der Waals surface area contributed by atoms with E-state index in [2.05, 4.69) is 51.4 Å². The van der Waals surface area contributed by atoms with E-state index in [0.717, 1.165) is 133 Å². The summed E-state index contributed by atoms with van der Waals surface area (Å²) in [6, 6.07) is 0.114. The maximum absolute atomic E-state index is 16.5. The topological polar surface area (TPSA) is 231 Å². The van der Waals surface area contributed by atoms with E-state index in [1.54, 1.807) is 29.2 Å². The molecule has 14 nitrogen and oxygen atoms in total. The molecule has 2 saturated heterocycles. The molecule has 3 heterocycles. The Bertz CT molecular complexity index is 2920. The van der Waals surface area contributed by atoms with Crippen LogP contribution in [0.1, 0.15) is 187 Å². The van der Waals surface area contributed by atoms with Crippen molar-refractivity contribution >= 4 is 33.3 Å². The Labute approximate surface area is 526 Å². The predicted octanol–water partition coefficient (Wildman–Crippen LogP) is 9.42. The van der Waals surface area contributed by atoms with Gasteiger partial charge in [0.1, 0.15) is 6.23 Å². The number of hydrogen-bond acceptors (Lipinski definition) is 13. The lowest BCUT2D eigenvalue weighted by molar-refractivity contribution is -0.215. The van der Waals surface area contributed by atoms with Gasteiger partial charge < -0.3 is 56.9 Å². The van der Waals surface area contributed by atoms with Gasteiger partial charge in [-0.05, 0) is 236 Å². The molecule has 22 atom stereocenters. The minimum atomic E-state index is -1.70. The number of imidazole rings is 1. The van der Waals surface area contributed by atoms with E-state index in [1.165, 1.54) is 38.5 Å². The molecule has 15 rings (SSSR count). The zero-order valence-corrected chi connectivity index (χ0v) is 54.6. The Morgan fingerprint density at radius 3 is 2.47 bits per heavy atom. The zero-order chi connectivity index (χ0) is 60.2. The van der Waals surface area contributed by atoms with Gasteiger partial charge in [-0.15, -0.1) is 0 Å². The van der Waals surface area contributed by atoms with Gasteiger partial charge in [-0.1, -0.05) is 89.8 Å². The van der Waals surface area contributed by atoms with Crippen molar-refractivity contribution in [2.45, 2.75) is 222 Å². The van der Waals surface area contributed by atoms with E-state index in [4.69, 9.17) is 15.7 Å². The normalized spacial score (nSPS) is 47.8. The molecule has 11 N–H and O–H groups in total. The van der Waals surface area contributed by atoms with E-state index in [9.17, 15) is 25.5 Å². The molecule has 1 aromatic heterocycles. The quantitative estimate of drug-likeness (QED) is 0.0385. The van der Waals surface area contributed by atoms with Crippen LogP contribution in [0.15, 0.2) is 57.7 Å². The molecule has 0 unspecified atom stereocenters. The van der Waals surface area contributed by atoms with Crippen molar-refractivity contribution in [2.24, 2.45) is 115 Å². The lowest BCUT2D eigenvalue weighted by Crippen LogP contribution is -2.72. The minimum Gasteiger partial charge on any atom is -0.396 e. The van der Waals surface area contributed by atoms with Gasteiger partial charge in [0.25, 0.3) is 0 Å². The van der Waals surface area contributed by atoms with Crippen LogP contribution in [0.4, 0.5) is 0 Å². The number of aromatic nitrogens is 2. The summed E-state index contributed by atoms with van der Waals surface area (Å²) in [6.45, 7) is 8.82. The SMILES string of the molecule is CNC[C@@H]1[C@@H](O)[C@@H](O)C[C@]2(C3CCCCC3)[C@@H]3C(=CC(=O)[C@H]12)[C@]1(O)[C@@H]2C[C@H]([C@@H]4C[C@@H]5CCCC6=C5[C@H](C(=C5C[C@H]7CC[C@@H]8CCC[C@@]8(C7)[C@H]65)C(C)(C)C[C@@H](n5ccnc5)CSS[C@]25CCCC52CCNCC2)[C@H]4O)[C@@]1(CO)C[C@H]3CN=C(N)N[C@@H](C)O. The van der Waals surface area contributed by atoms with Crippen molar-refractivity contribution in [3.05, 3.63) is 52.7 Å². The van der Waals surface area contributed by atoms with Gasteiger partial charge in [-0.25, -0.2) is 4.98 Å². The smallest absolute Gasteiger partial charge is 0.190 e. The molecule has 0 aromatic carbocycles. The maximum Gasteiger partial charge on any atom is 0.190 e. The van der Waals surface area contributed by atoms with E-state index in [1.807, 2.05) is 36.4 Å². The molecule has 87 heavy (non-hydrogen) atoms. The van der Waals surface area contributed by atoms with Gasteiger partial charge in [0.05, 0.1) is 36.8 Å². The van der Waals surface area contributed by atoms with Gasteiger partial charge in [0, 0.05) is 77.0 Å². The van der Waals surface area contributed by atoms with Crippen molar-refractivity contribution in [1.82, 2.24) is 25.5 Å². The molecule has 6 bridgehead atoms. The number of piperidine rings is 1. The number of carbonyl (C=O) groups is 1. The van der Waals surface area contributed by atoms with E-state index < -0.39 is 63.5 Å². The summed E-state index contributed by atoms with van der Waals surface area (Å²) in [6.07, 6.45) is 29.5.